The van der Waals surface area contributed by atoms with E-state index in [0.717, 1.165) is 16.7 Å². The lowest BCUT2D eigenvalue weighted by molar-refractivity contribution is -0.258. The van der Waals surface area contributed by atoms with E-state index in [1.807, 2.05) is 96.1 Å². The van der Waals surface area contributed by atoms with E-state index in [-0.39, 0.29) is 24.3 Å². The van der Waals surface area contributed by atoms with Crippen molar-refractivity contribution >= 4 is 0 Å². The average molecular weight is 476 g/mol. The Morgan fingerprint density at radius 1 is 0.714 bits per heavy atom. The minimum absolute atomic E-state index is 0.205. The first-order valence-electron chi connectivity index (χ1n) is 12.3. The SMILES string of the molecule is O[C@H]1CCON2[C@H]1[C@@H](OCc1ccccc1)[C@H](OCc1ccccc1)[C@H]2COCc1ccccc1. The Morgan fingerprint density at radius 3 is 1.80 bits per heavy atom. The van der Waals surface area contributed by atoms with Crippen LogP contribution < -0.4 is 0 Å². The van der Waals surface area contributed by atoms with Crippen molar-refractivity contribution in [3.8, 4) is 0 Å². The molecule has 0 radical (unpaired) electrons. The van der Waals surface area contributed by atoms with Gasteiger partial charge in [-0.1, -0.05) is 91.0 Å². The van der Waals surface area contributed by atoms with E-state index in [9.17, 15) is 5.11 Å². The van der Waals surface area contributed by atoms with Crippen LogP contribution in [0, 0.1) is 0 Å². The van der Waals surface area contributed by atoms with E-state index in [1.54, 1.807) is 0 Å². The third-order valence-corrected chi connectivity index (χ3v) is 6.68. The number of hydrogen-bond donors (Lipinski definition) is 1. The monoisotopic (exact) mass is 475 g/mol. The van der Waals surface area contributed by atoms with Gasteiger partial charge in [-0.15, -0.1) is 0 Å². The van der Waals surface area contributed by atoms with Crippen molar-refractivity contribution in [3.63, 3.8) is 0 Å². The van der Waals surface area contributed by atoms with Gasteiger partial charge in [0.1, 0.15) is 12.2 Å². The second-order valence-corrected chi connectivity index (χ2v) is 9.13. The van der Waals surface area contributed by atoms with Gasteiger partial charge < -0.3 is 19.3 Å². The minimum atomic E-state index is -0.563. The molecule has 0 amide bonds. The normalized spacial score (nSPS) is 26.5. The molecule has 0 aliphatic carbocycles. The van der Waals surface area contributed by atoms with Crippen LogP contribution in [0.3, 0.4) is 0 Å². The van der Waals surface area contributed by atoms with Crippen LogP contribution in [0.15, 0.2) is 91.0 Å². The van der Waals surface area contributed by atoms with Crippen LogP contribution in [0.25, 0.3) is 0 Å². The van der Waals surface area contributed by atoms with Crippen LogP contribution in [0.1, 0.15) is 23.1 Å². The van der Waals surface area contributed by atoms with Crippen LogP contribution in [0.4, 0.5) is 0 Å². The van der Waals surface area contributed by atoms with Crippen LogP contribution in [-0.2, 0) is 38.9 Å². The molecular formula is C29H33NO5. The van der Waals surface area contributed by atoms with E-state index < -0.39 is 6.10 Å². The number of nitrogens with zero attached hydrogens (tertiary/aromatic N) is 1. The Hall–Kier alpha value is -2.58. The second kappa shape index (κ2) is 11.9. The predicted molar refractivity (Wildman–Crippen MR) is 132 cm³/mol. The number of benzene rings is 3. The molecule has 0 spiro atoms. The van der Waals surface area contributed by atoms with E-state index in [4.69, 9.17) is 19.0 Å². The Labute approximate surface area is 207 Å². The van der Waals surface area contributed by atoms with E-state index >= 15 is 0 Å². The lowest BCUT2D eigenvalue weighted by atomic mass is 10.0. The highest BCUT2D eigenvalue weighted by Crippen LogP contribution is 2.36. The first-order chi connectivity index (χ1) is 17.3. The molecule has 3 aromatic carbocycles. The Kier molecular flexibility index (Phi) is 8.21. The van der Waals surface area contributed by atoms with Gasteiger partial charge >= 0.3 is 0 Å². The number of aliphatic hydroxyl groups excluding tert-OH is 1. The summed E-state index contributed by atoms with van der Waals surface area (Å²) in [6.45, 7) is 2.25. The summed E-state index contributed by atoms with van der Waals surface area (Å²) in [6, 6.07) is 29.8. The van der Waals surface area contributed by atoms with Crippen molar-refractivity contribution in [2.45, 2.75) is 56.6 Å². The van der Waals surface area contributed by atoms with Crippen LogP contribution in [-0.4, -0.2) is 53.8 Å². The van der Waals surface area contributed by atoms with Crippen molar-refractivity contribution in [1.82, 2.24) is 5.06 Å². The Balaban J connectivity index is 1.35. The van der Waals surface area contributed by atoms with Gasteiger partial charge in [0.15, 0.2) is 0 Å². The molecule has 2 aliphatic heterocycles. The molecule has 2 heterocycles. The molecule has 6 heteroatoms. The van der Waals surface area contributed by atoms with Crippen molar-refractivity contribution in [1.29, 1.82) is 0 Å². The molecule has 2 fully saturated rings. The lowest BCUT2D eigenvalue weighted by Gasteiger charge is -2.37. The number of rotatable bonds is 10. The summed E-state index contributed by atoms with van der Waals surface area (Å²) >= 11 is 0. The first-order valence-corrected chi connectivity index (χ1v) is 12.3. The van der Waals surface area contributed by atoms with Gasteiger partial charge in [-0.2, -0.15) is 5.06 Å². The molecule has 2 aliphatic rings. The number of aliphatic hydroxyl groups is 1. The second-order valence-electron chi connectivity index (χ2n) is 9.13. The average Bonchev–Trinajstić information content (AvgIpc) is 3.21. The zero-order chi connectivity index (χ0) is 23.9. The van der Waals surface area contributed by atoms with Crippen molar-refractivity contribution < 1.29 is 24.2 Å². The largest absolute Gasteiger partial charge is 0.391 e. The van der Waals surface area contributed by atoms with Gasteiger partial charge in [-0.25, -0.2) is 0 Å². The van der Waals surface area contributed by atoms with Gasteiger partial charge in [-0.05, 0) is 16.7 Å². The van der Waals surface area contributed by atoms with E-state index in [1.165, 1.54) is 0 Å². The maximum absolute atomic E-state index is 11.0. The molecule has 2 saturated heterocycles. The summed E-state index contributed by atoms with van der Waals surface area (Å²) in [5.74, 6) is 0. The maximum Gasteiger partial charge on any atom is 0.106 e. The maximum atomic E-state index is 11.0. The molecular weight excluding hydrogens is 442 g/mol. The van der Waals surface area contributed by atoms with Crippen molar-refractivity contribution in [2.24, 2.45) is 0 Å². The Bertz CT molecular complexity index is 1020. The molecule has 5 rings (SSSR count). The Morgan fingerprint density at radius 2 is 1.23 bits per heavy atom. The predicted octanol–water partition coefficient (Wildman–Crippen LogP) is 4.12. The molecule has 35 heavy (non-hydrogen) atoms. The molecule has 0 bridgehead atoms. The molecule has 0 aromatic heterocycles. The number of ether oxygens (including phenoxy) is 3. The molecule has 3 aromatic rings. The summed E-state index contributed by atoms with van der Waals surface area (Å²) in [5, 5.41) is 12.9. The number of fused-ring (bicyclic) bond motifs is 1. The molecule has 1 N–H and O–H groups in total. The lowest BCUT2D eigenvalue weighted by Crippen LogP contribution is -2.52. The van der Waals surface area contributed by atoms with Crippen LogP contribution in [0.2, 0.25) is 0 Å². The summed E-state index contributed by atoms with van der Waals surface area (Å²) in [7, 11) is 0. The number of hydrogen-bond acceptors (Lipinski definition) is 6. The first kappa shape index (κ1) is 24.1. The van der Waals surface area contributed by atoms with Gasteiger partial charge in [0.05, 0.1) is 51.2 Å². The topological polar surface area (TPSA) is 60.4 Å². The third-order valence-electron chi connectivity index (χ3n) is 6.68. The van der Waals surface area contributed by atoms with E-state index in [0.29, 0.717) is 39.5 Å². The summed E-state index contributed by atoms with van der Waals surface area (Å²) in [6.07, 6.45) is -0.687. The molecule has 5 atom stereocenters. The highest BCUT2D eigenvalue weighted by atomic mass is 16.7. The fourth-order valence-electron chi connectivity index (χ4n) is 4.92. The highest BCUT2D eigenvalue weighted by Gasteiger charge is 2.55. The molecule has 0 unspecified atom stereocenters. The third kappa shape index (κ3) is 5.98. The van der Waals surface area contributed by atoms with E-state index in [2.05, 4.69) is 0 Å². The molecule has 6 nitrogen and oxygen atoms in total. The standard InChI is InChI=1S/C29H33NO5/c31-26-16-17-35-30-25(21-32-18-22-10-4-1-5-11-22)28(33-19-23-12-6-2-7-13-23)29(27(26)30)34-20-24-14-8-3-9-15-24/h1-15,25-29,31H,16-21H2/t25-,26+,27-,28-,29-/m1/s1. The van der Waals surface area contributed by atoms with Crippen LogP contribution >= 0.6 is 0 Å². The zero-order valence-electron chi connectivity index (χ0n) is 19.8. The van der Waals surface area contributed by atoms with Gasteiger partial charge in [0.2, 0.25) is 0 Å². The number of hydroxylamine groups is 2. The fraction of sp³-hybridized carbons (Fsp3) is 0.379. The van der Waals surface area contributed by atoms with Crippen LogP contribution in [0.5, 0.6) is 0 Å². The quantitative estimate of drug-likeness (QED) is 0.476. The van der Waals surface area contributed by atoms with Gasteiger partial charge in [0, 0.05) is 6.42 Å². The van der Waals surface area contributed by atoms with Crippen molar-refractivity contribution in [3.05, 3.63) is 108 Å². The van der Waals surface area contributed by atoms with Crippen molar-refractivity contribution in [2.75, 3.05) is 13.2 Å². The summed E-state index contributed by atoms with van der Waals surface area (Å²) in [4.78, 5) is 6.09. The van der Waals surface area contributed by atoms with Gasteiger partial charge in [0.25, 0.3) is 0 Å². The minimum Gasteiger partial charge on any atom is -0.391 e. The summed E-state index contributed by atoms with van der Waals surface area (Å²) in [5.41, 5.74) is 3.28. The smallest absolute Gasteiger partial charge is 0.106 e. The zero-order valence-corrected chi connectivity index (χ0v) is 19.8. The highest BCUT2D eigenvalue weighted by molar-refractivity contribution is 5.16. The summed E-state index contributed by atoms with van der Waals surface area (Å²) < 4.78 is 19.1. The fourth-order valence-corrected chi connectivity index (χ4v) is 4.92. The molecule has 184 valence electrons. The molecule has 0 saturated carbocycles. The van der Waals surface area contributed by atoms with Gasteiger partial charge in [-0.3, -0.25) is 4.84 Å².